The molecule has 0 aliphatic carbocycles. The number of likely N-dealkylation sites (N-methyl/N-ethyl adjacent to an activating group) is 1. The number of rotatable bonds is 0. The van der Waals surface area contributed by atoms with Crippen LogP contribution in [0.2, 0.25) is 0 Å². The zero-order chi connectivity index (χ0) is 11.9. The molecular formula is C11H13FN2O2. The van der Waals surface area contributed by atoms with Gasteiger partial charge in [0.25, 0.3) is 0 Å². The van der Waals surface area contributed by atoms with E-state index in [0.29, 0.717) is 11.4 Å². The number of nitrogens with two attached hydrogens (primary N) is 1. The molecule has 0 spiro atoms. The molecule has 0 unspecified atom stereocenters. The summed E-state index contributed by atoms with van der Waals surface area (Å²) in [4.78, 5) is 13.2. The number of carbonyl (C=O) groups excluding carboxylic acids is 1. The molecule has 0 saturated carbocycles. The van der Waals surface area contributed by atoms with Crippen molar-refractivity contribution >= 4 is 11.6 Å². The van der Waals surface area contributed by atoms with Crippen LogP contribution < -0.4 is 15.4 Å². The first-order chi connectivity index (χ1) is 7.50. The normalized spacial score (nSPS) is 24.8. The van der Waals surface area contributed by atoms with Gasteiger partial charge in [0.2, 0.25) is 5.91 Å². The summed E-state index contributed by atoms with van der Waals surface area (Å²) >= 11 is 0. The molecule has 2 rings (SSSR count). The third-order valence-electron chi connectivity index (χ3n) is 2.72. The van der Waals surface area contributed by atoms with Crippen LogP contribution in [0.15, 0.2) is 18.2 Å². The smallest absolute Gasteiger partial charge is 0.247 e. The number of ether oxygens (including phenoxy) is 1. The zero-order valence-electron chi connectivity index (χ0n) is 9.11. The molecule has 1 aromatic rings. The Morgan fingerprint density at radius 2 is 2.19 bits per heavy atom. The summed E-state index contributed by atoms with van der Waals surface area (Å²) in [5, 5.41) is 0. The Balaban J connectivity index is 2.52. The van der Waals surface area contributed by atoms with E-state index in [-0.39, 0.29) is 5.91 Å². The molecule has 0 radical (unpaired) electrons. The number of amides is 1. The predicted octanol–water partition coefficient (Wildman–Crippen LogP) is 0.897. The number of nitrogens with zero attached hydrogens (tertiary/aromatic N) is 1. The van der Waals surface area contributed by atoms with Crippen molar-refractivity contribution < 1.29 is 13.9 Å². The summed E-state index contributed by atoms with van der Waals surface area (Å²) in [6.07, 6.45) is -0.429. The first kappa shape index (κ1) is 10.9. The summed E-state index contributed by atoms with van der Waals surface area (Å²) in [5.74, 6) is -0.223. The first-order valence-electron chi connectivity index (χ1n) is 5.00. The summed E-state index contributed by atoms with van der Waals surface area (Å²) < 4.78 is 18.6. The lowest BCUT2D eigenvalue weighted by molar-refractivity contribution is -0.120. The molecule has 2 N–H and O–H groups in total. The quantitative estimate of drug-likeness (QED) is 0.712. The fraction of sp³-hybridized carbons (Fsp3) is 0.364. The average molecular weight is 224 g/mol. The molecule has 1 aliphatic rings. The molecule has 1 heterocycles. The Labute approximate surface area is 92.8 Å². The topological polar surface area (TPSA) is 55.6 Å². The van der Waals surface area contributed by atoms with Crippen molar-refractivity contribution in [2.75, 3.05) is 11.9 Å². The first-order valence-corrected chi connectivity index (χ1v) is 5.00. The zero-order valence-corrected chi connectivity index (χ0v) is 9.11. The van der Waals surface area contributed by atoms with E-state index in [1.807, 2.05) is 0 Å². The molecule has 1 aliphatic heterocycles. The van der Waals surface area contributed by atoms with E-state index in [9.17, 15) is 9.18 Å². The van der Waals surface area contributed by atoms with Crippen molar-refractivity contribution in [3.63, 3.8) is 0 Å². The predicted molar refractivity (Wildman–Crippen MR) is 57.9 cm³/mol. The van der Waals surface area contributed by atoms with Crippen LogP contribution in [0.1, 0.15) is 6.92 Å². The molecule has 4 nitrogen and oxygen atoms in total. The highest BCUT2D eigenvalue weighted by atomic mass is 19.1. The van der Waals surface area contributed by atoms with Gasteiger partial charge in [-0.25, -0.2) is 4.39 Å². The Morgan fingerprint density at radius 3 is 2.88 bits per heavy atom. The van der Waals surface area contributed by atoms with Gasteiger partial charge in [-0.1, -0.05) is 0 Å². The van der Waals surface area contributed by atoms with E-state index < -0.39 is 18.0 Å². The van der Waals surface area contributed by atoms with Gasteiger partial charge < -0.3 is 15.4 Å². The van der Waals surface area contributed by atoms with Gasteiger partial charge >= 0.3 is 0 Å². The van der Waals surface area contributed by atoms with E-state index in [1.165, 1.54) is 23.1 Å². The van der Waals surface area contributed by atoms with E-state index >= 15 is 0 Å². The highest BCUT2D eigenvalue weighted by Crippen LogP contribution is 2.32. The van der Waals surface area contributed by atoms with Crippen LogP contribution >= 0.6 is 0 Å². The highest BCUT2D eigenvalue weighted by molar-refractivity contribution is 5.98. The lowest BCUT2D eigenvalue weighted by Crippen LogP contribution is -2.48. The Morgan fingerprint density at radius 1 is 1.50 bits per heavy atom. The van der Waals surface area contributed by atoms with Crippen LogP contribution in [0.4, 0.5) is 10.1 Å². The molecule has 1 aromatic carbocycles. The van der Waals surface area contributed by atoms with E-state index in [0.717, 1.165) is 0 Å². The van der Waals surface area contributed by atoms with Crippen molar-refractivity contribution in [1.29, 1.82) is 0 Å². The molecule has 86 valence electrons. The third-order valence-corrected chi connectivity index (χ3v) is 2.72. The Kier molecular flexibility index (Phi) is 2.55. The van der Waals surface area contributed by atoms with Crippen LogP contribution in [0.3, 0.4) is 0 Å². The third kappa shape index (κ3) is 1.63. The molecule has 16 heavy (non-hydrogen) atoms. The minimum Gasteiger partial charge on any atom is -0.486 e. The van der Waals surface area contributed by atoms with Gasteiger partial charge in [-0.05, 0) is 19.1 Å². The molecule has 0 aromatic heterocycles. The largest absolute Gasteiger partial charge is 0.486 e. The van der Waals surface area contributed by atoms with Gasteiger partial charge in [0, 0.05) is 13.1 Å². The van der Waals surface area contributed by atoms with Crippen LogP contribution in [-0.4, -0.2) is 25.1 Å². The van der Waals surface area contributed by atoms with Crippen molar-refractivity contribution in [1.82, 2.24) is 0 Å². The van der Waals surface area contributed by atoms with Crippen LogP contribution in [-0.2, 0) is 4.79 Å². The molecule has 5 heteroatoms. The number of carbonyl (C=O) groups is 1. The van der Waals surface area contributed by atoms with Crippen LogP contribution in [0.5, 0.6) is 5.75 Å². The SMILES string of the molecule is C[C@H]1Oc2ccc(F)cc2N(C)C(=O)[C@H]1N. The number of halogens is 1. The van der Waals surface area contributed by atoms with Gasteiger partial charge in [0.05, 0.1) is 5.69 Å². The maximum atomic E-state index is 13.1. The second-order valence-corrected chi connectivity index (χ2v) is 3.86. The maximum absolute atomic E-state index is 13.1. The fourth-order valence-corrected chi connectivity index (χ4v) is 1.67. The van der Waals surface area contributed by atoms with Crippen molar-refractivity contribution in [2.24, 2.45) is 5.73 Å². The summed E-state index contributed by atoms with van der Waals surface area (Å²) in [5.41, 5.74) is 6.13. The molecule has 1 amide bonds. The van der Waals surface area contributed by atoms with Crippen LogP contribution in [0, 0.1) is 5.82 Å². The van der Waals surface area contributed by atoms with Gasteiger partial charge in [0.1, 0.15) is 23.7 Å². The fourth-order valence-electron chi connectivity index (χ4n) is 1.67. The molecular weight excluding hydrogens is 211 g/mol. The van der Waals surface area contributed by atoms with Gasteiger partial charge in [0.15, 0.2) is 0 Å². The molecule has 0 fully saturated rings. The van der Waals surface area contributed by atoms with Gasteiger partial charge in [-0.3, -0.25) is 4.79 Å². The Bertz CT molecular complexity index is 436. The second-order valence-electron chi connectivity index (χ2n) is 3.86. The standard InChI is InChI=1S/C11H13FN2O2/c1-6-10(13)11(15)14(2)8-5-7(12)3-4-9(8)16-6/h3-6,10H,13H2,1-2H3/t6-,10+/m1/s1. The number of anilines is 1. The monoisotopic (exact) mass is 224 g/mol. The highest BCUT2D eigenvalue weighted by Gasteiger charge is 2.31. The second kappa shape index (κ2) is 3.75. The maximum Gasteiger partial charge on any atom is 0.247 e. The number of hydrogen-bond acceptors (Lipinski definition) is 3. The number of hydrogen-bond donors (Lipinski definition) is 1. The summed E-state index contributed by atoms with van der Waals surface area (Å²) in [7, 11) is 1.56. The lowest BCUT2D eigenvalue weighted by Gasteiger charge is -2.18. The van der Waals surface area contributed by atoms with Gasteiger partial charge in [-0.2, -0.15) is 0 Å². The van der Waals surface area contributed by atoms with Gasteiger partial charge in [-0.15, -0.1) is 0 Å². The summed E-state index contributed by atoms with van der Waals surface area (Å²) in [6, 6.07) is 3.32. The number of fused-ring (bicyclic) bond motifs is 1. The minimum atomic E-state index is -0.736. The molecule has 0 bridgehead atoms. The average Bonchev–Trinajstić information content (AvgIpc) is 2.34. The van der Waals surface area contributed by atoms with Crippen molar-refractivity contribution in [2.45, 2.75) is 19.1 Å². The molecule has 0 saturated heterocycles. The minimum absolute atomic E-state index is 0.281. The van der Waals surface area contributed by atoms with E-state index in [1.54, 1.807) is 14.0 Å². The van der Waals surface area contributed by atoms with E-state index in [4.69, 9.17) is 10.5 Å². The van der Waals surface area contributed by atoms with Crippen molar-refractivity contribution in [3.8, 4) is 5.75 Å². The van der Waals surface area contributed by atoms with Crippen molar-refractivity contribution in [3.05, 3.63) is 24.0 Å². The summed E-state index contributed by atoms with van der Waals surface area (Å²) in [6.45, 7) is 1.72. The Hall–Kier alpha value is -1.62. The number of benzene rings is 1. The molecule has 2 atom stereocenters. The van der Waals surface area contributed by atoms with E-state index in [2.05, 4.69) is 0 Å². The lowest BCUT2D eigenvalue weighted by atomic mass is 10.2. The van der Waals surface area contributed by atoms with Crippen LogP contribution in [0.25, 0.3) is 0 Å².